The third kappa shape index (κ3) is 4.23. The van der Waals surface area contributed by atoms with E-state index in [1.54, 1.807) is 11.3 Å². The zero-order valence-electron chi connectivity index (χ0n) is 15.7. The molecular weight excluding hydrogens is 423 g/mol. The van der Waals surface area contributed by atoms with Crippen LogP contribution in [0.25, 0.3) is 0 Å². The molecule has 0 radical (unpaired) electrons. The Morgan fingerprint density at radius 3 is 2.59 bits per heavy atom. The van der Waals surface area contributed by atoms with Crippen LogP contribution in [-0.2, 0) is 11.0 Å². The van der Waals surface area contributed by atoms with Crippen LogP contribution in [0.5, 0.6) is 0 Å². The first kappa shape index (κ1) is 20.5. The lowest BCUT2D eigenvalue weighted by Crippen LogP contribution is -2.42. The Bertz CT molecular complexity index is 866. The minimum atomic E-state index is -4.47. The summed E-state index contributed by atoms with van der Waals surface area (Å²) in [5, 5.41) is 2.03. The van der Waals surface area contributed by atoms with E-state index in [1.165, 1.54) is 4.88 Å². The van der Waals surface area contributed by atoms with Gasteiger partial charge in [-0.1, -0.05) is 17.7 Å². The van der Waals surface area contributed by atoms with Crippen molar-refractivity contribution in [2.24, 2.45) is 5.92 Å². The van der Waals surface area contributed by atoms with Crippen LogP contribution in [0.15, 0.2) is 29.8 Å². The predicted octanol–water partition coefficient (Wildman–Crippen LogP) is 5.40. The first-order valence-electron chi connectivity index (χ1n) is 9.66. The number of hydrogen-bond donors (Lipinski definition) is 0. The number of halogens is 4. The smallest absolute Gasteiger partial charge is 0.355 e. The zero-order valence-corrected chi connectivity index (χ0v) is 17.2. The van der Waals surface area contributed by atoms with Gasteiger partial charge in [0.25, 0.3) is 0 Å². The Hall–Kier alpha value is -1.80. The minimum Gasteiger partial charge on any atom is -0.355 e. The molecule has 1 atom stereocenters. The number of hydrogen-bond acceptors (Lipinski definition) is 4. The highest BCUT2D eigenvalue weighted by atomic mass is 35.5. The molecule has 4 heterocycles. The fourth-order valence-electron chi connectivity index (χ4n) is 4.20. The zero-order chi connectivity index (χ0) is 20.6. The number of carbonyl (C=O) groups excluding carboxylic acids is 1. The number of aromatic nitrogens is 1. The van der Waals surface area contributed by atoms with Crippen molar-refractivity contribution in [2.45, 2.75) is 37.9 Å². The van der Waals surface area contributed by atoms with Crippen LogP contribution < -0.4 is 4.90 Å². The minimum absolute atomic E-state index is 0.0121. The summed E-state index contributed by atoms with van der Waals surface area (Å²) in [5.41, 5.74) is -0.857. The van der Waals surface area contributed by atoms with Crippen molar-refractivity contribution in [2.75, 3.05) is 24.5 Å². The molecule has 156 valence electrons. The number of likely N-dealkylation sites (tertiary alicyclic amines) is 1. The van der Waals surface area contributed by atoms with Crippen LogP contribution in [0.1, 0.15) is 42.2 Å². The number of thiophene rings is 1. The average Bonchev–Trinajstić information content (AvgIpc) is 3.38. The van der Waals surface area contributed by atoms with Crippen LogP contribution in [0.2, 0.25) is 5.02 Å². The summed E-state index contributed by atoms with van der Waals surface area (Å²) in [7, 11) is 0. The van der Waals surface area contributed by atoms with E-state index >= 15 is 0 Å². The lowest BCUT2D eigenvalue weighted by Gasteiger charge is -2.35. The molecule has 9 heteroatoms. The lowest BCUT2D eigenvalue weighted by atomic mass is 9.94. The standard InChI is InChI=1S/C20H21ClF3N3OS/c21-15-11-14(20(22,23)24)12-25-18(15)26-8-5-13(6-9-26)19(28)27-7-1-3-16(27)17-4-2-10-29-17/h2,4,10-13,16H,1,3,5-9H2/t16-/m0/s1. The number of nitrogens with zero attached hydrogens (tertiary/aromatic N) is 3. The maximum Gasteiger partial charge on any atom is 0.417 e. The third-order valence-electron chi connectivity index (χ3n) is 5.70. The summed E-state index contributed by atoms with van der Waals surface area (Å²) in [6, 6.07) is 5.19. The van der Waals surface area contributed by atoms with Crippen molar-refractivity contribution in [3.8, 4) is 0 Å². The average molecular weight is 444 g/mol. The summed E-state index contributed by atoms with van der Waals surface area (Å²) < 4.78 is 38.4. The predicted molar refractivity (Wildman–Crippen MR) is 107 cm³/mol. The Labute approximate surface area is 176 Å². The monoisotopic (exact) mass is 443 g/mol. The molecule has 2 aromatic rings. The molecule has 2 saturated heterocycles. The van der Waals surface area contributed by atoms with Gasteiger partial charge in [0, 0.05) is 36.6 Å². The van der Waals surface area contributed by atoms with Gasteiger partial charge in [-0.25, -0.2) is 4.98 Å². The number of anilines is 1. The van der Waals surface area contributed by atoms with Crippen molar-refractivity contribution in [3.63, 3.8) is 0 Å². The second-order valence-electron chi connectivity index (χ2n) is 7.49. The van der Waals surface area contributed by atoms with Crippen molar-refractivity contribution >= 4 is 34.7 Å². The van der Waals surface area contributed by atoms with Gasteiger partial charge < -0.3 is 9.80 Å². The number of amides is 1. The van der Waals surface area contributed by atoms with Crippen molar-refractivity contribution in [1.29, 1.82) is 0 Å². The Kier molecular flexibility index (Phi) is 5.75. The highest BCUT2D eigenvalue weighted by Crippen LogP contribution is 2.38. The van der Waals surface area contributed by atoms with Gasteiger partial charge in [-0.15, -0.1) is 11.3 Å². The molecule has 1 amide bonds. The highest BCUT2D eigenvalue weighted by Gasteiger charge is 2.37. The molecule has 2 fully saturated rings. The van der Waals surface area contributed by atoms with E-state index in [2.05, 4.69) is 11.1 Å². The van der Waals surface area contributed by atoms with Crippen LogP contribution in [-0.4, -0.2) is 35.4 Å². The van der Waals surface area contributed by atoms with Crippen molar-refractivity contribution in [1.82, 2.24) is 9.88 Å². The van der Waals surface area contributed by atoms with Crippen molar-refractivity contribution < 1.29 is 18.0 Å². The van der Waals surface area contributed by atoms with Crippen LogP contribution in [0.3, 0.4) is 0 Å². The molecule has 4 nitrogen and oxygen atoms in total. The van der Waals surface area contributed by atoms with E-state index < -0.39 is 11.7 Å². The van der Waals surface area contributed by atoms with E-state index in [0.717, 1.165) is 31.6 Å². The summed E-state index contributed by atoms with van der Waals surface area (Å²) in [5.74, 6) is 0.468. The summed E-state index contributed by atoms with van der Waals surface area (Å²) >= 11 is 7.75. The van der Waals surface area contributed by atoms with E-state index in [-0.39, 0.29) is 22.9 Å². The van der Waals surface area contributed by atoms with Gasteiger partial charge in [-0.3, -0.25) is 4.79 Å². The van der Waals surface area contributed by atoms with Crippen LogP contribution in [0.4, 0.5) is 19.0 Å². The molecule has 0 aliphatic carbocycles. The molecule has 0 aromatic carbocycles. The van der Waals surface area contributed by atoms with Gasteiger partial charge in [0.1, 0.15) is 5.82 Å². The van der Waals surface area contributed by atoms with Crippen LogP contribution in [0, 0.1) is 5.92 Å². The number of pyridine rings is 1. The normalized spacial score (nSPS) is 21.0. The second-order valence-corrected chi connectivity index (χ2v) is 8.88. The SMILES string of the molecule is O=C(C1CCN(c2ncc(C(F)(F)F)cc2Cl)CC1)N1CCC[C@H]1c1cccs1. The largest absolute Gasteiger partial charge is 0.417 e. The molecule has 0 saturated carbocycles. The molecule has 2 aliphatic heterocycles. The van der Waals surface area contributed by atoms with E-state index in [1.807, 2.05) is 21.2 Å². The first-order valence-corrected chi connectivity index (χ1v) is 10.9. The number of alkyl halides is 3. The molecular formula is C20H21ClF3N3OS. The topological polar surface area (TPSA) is 36.4 Å². The van der Waals surface area contributed by atoms with Gasteiger partial charge in [0.2, 0.25) is 5.91 Å². The fourth-order valence-corrected chi connectivity index (χ4v) is 5.36. The summed E-state index contributed by atoms with van der Waals surface area (Å²) in [6.45, 7) is 1.88. The maximum absolute atomic E-state index is 13.1. The Morgan fingerprint density at radius 1 is 1.21 bits per heavy atom. The van der Waals surface area contributed by atoms with E-state index in [9.17, 15) is 18.0 Å². The van der Waals surface area contributed by atoms with Gasteiger partial charge in [-0.2, -0.15) is 13.2 Å². The molecule has 0 N–H and O–H groups in total. The van der Waals surface area contributed by atoms with Gasteiger partial charge >= 0.3 is 6.18 Å². The quantitative estimate of drug-likeness (QED) is 0.637. The third-order valence-corrected chi connectivity index (χ3v) is 6.95. The molecule has 0 unspecified atom stereocenters. The van der Waals surface area contributed by atoms with E-state index in [0.29, 0.717) is 31.7 Å². The highest BCUT2D eigenvalue weighted by molar-refractivity contribution is 7.10. The number of piperidine rings is 1. The van der Waals surface area contributed by atoms with Gasteiger partial charge in [-0.05, 0) is 43.2 Å². The molecule has 29 heavy (non-hydrogen) atoms. The van der Waals surface area contributed by atoms with Crippen molar-refractivity contribution in [3.05, 3.63) is 45.2 Å². The second kappa shape index (κ2) is 8.14. The molecule has 4 rings (SSSR count). The first-order chi connectivity index (χ1) is 13.8. The Morgan fingerprint density at radius 2 is 1.97 bits per heavy atom. The molecule has 2 aliphatic rings. The van der Waals surface area contributed by atoms with Gasteiger partial charge in [0.05, 0.1) is 16.6 Å². The Balaban J connectivity index is 1.40. The maximum atomic E-state index is 13.1. The van der Waals surface area contributed by atoms with Gasteiger partial charge in [0.15, 0.2) is 0 Å². The number of rotatable bonds is 3. The summed E-state index contributed by atoms with van der Waals surface area (Å²) in [6.07, 6.45) is -0.358. The lowest BCUT2D eigenvalue weighted by molar-refractivity contribution is -0.138. The fraction of sp³-hybridized carbons (Fsp3) is 0.500. The molecule has 2 aromatic heterocycles. The molecule has 0 spiro atoms. The van der Waals surface area contributed by atoms with Crippen LogP contribution >= 0.6 is 22.9 Å². The molecule has 0 bridgehead atoms. The number of carbonyl (C=O) groups is 1. The summed E-state index contributed by atoms with van der Waals surface area (Å²) in [4.78, 5) is 22.2. The van der Waals surface area contributed by atoms with E-state index in [4.69, 9.17) is 11.6 Å².